The minimum absolute atomic E-state index is 0.0234. The van der Waals surface area contributed by atoms with Gasteiger partial charge < -0.3 is 5.73 Å². The zero-order valence-corrected chi connectivity index (χ0v) is 8.83. The van der Waals surface area contributed by atoms with E-state index in [1.165, 1.54) is 4.90 Å². The van der Waals surface area contributed by atoms with E-state index in [-0.39, 0.29) is 24.0 Å². The van der Waals surface area contributed by atoms with Crippen LogP contribution in [-0.4, -0.2) is 17.6 Å². The second-order valence-electron chi connectivity index (χ2n) is 3.35. The molecular formula is C10H10N2O2S. The number of fused-ring (bicyclic) bond motifs is 1. The second-order valence-corrected chi connectivity index (χ2v) is 3.66. The number of hydrogen-bond donors (Lipinski definition) is 2. The smallest absolute Gasteiger partial charge is 0.243 e. The Morgan fingerprint density at radius 2 is 2.27 bits per heavy atom. The molecule has 1 aromatic carbocycles. The summed E-state index contributed by atoms with van der Waals surface area (Å²) < 4.78 is 0. The van der Waals surface area contributed by atoms with E-state index in [4.69, 9.17) is 5.73 Å². The molecular weight excluding hydrogens is 212 g/mol. The van der Waals surface area contributed by atoms with E-state index in [2.05, 4.69) is 12.6 Å². The molecule has 0 atom stereocenters. The van der Waals surface area contributed by atoms with Crippen LogP contribution in [0.15, 0.2) is 18.2 Å². The van der Waals surface area contributed by atoms with Crippen LogP contribution in [0.25, 0.3) is 0 Å². The van der Waals surface area contributed by atoms with E-state index in [0.29, 0.717) is 11.4 Å². The molecule has 0 spiro atoms. The summed E-state index contributed by atoms with van der Waals surface area (Å²) in [7, 11) is 0. The number of carbonyl (C=O) groups excluding carboxylic acids is 2. The van der Waals surface area contributed by atoms with E-state index in [1.54, 1.807) is 18.2 Å². The Bertz CT molecular complexity index is 445. The van der Waals surface area contributed by atoms with Crippen LogP contribution in [0.4, 0.5) is 11.4 Å². The molecule has 0 saturated heterocycles. The van der Waals surface area contributed by atoms with Gasteiger partial charge in [0.15, 0.2) is 0 Å². The summed E-state index contributed by atoms with van der Waals surface area (Å²) in [6.45, 7) is 0. The molecule has 0 aromatic heterocycles. The maximum Gasteiger partial charge on any atom is 0.243 e. The van der Waals surface area contributed by atoms with E-state index < -0.39 is 0 Å². The van der Waals surface area contributed by atoms with Gasteiger partial charge in [0.05, 0.1) is 17.9 Å². The van der Waals surface area contributed by atoms with Crippen molar-refractivity contribution in [3.8, 4) is 0 Å². The quantitative estimate of drug-likeness (QED) is 0.540. The molecule has 0 aliphatic carbocycles. The summed E-state index contributed by atoms with van der Waals surface area (Å²) in [5, 5.41) is 0. The third kappa shape index (κ3) is 1.59. The van der Waals surface area contributed by atoms with Gasteiger partial charge in [0.25, 0.3) is 0 Å². The first kappa shape index (κ1) is 10.0. The topological polar surface area (TPSA) is 63.4 Å². The number of nitrogens with zero attached hydrogens (tertiary/aromatic N) is 1. The maximum atomic E-state index is 11.6. The summed E-state index contributed by atoms with van der Waals surface area (Å²) >= 11 is 3.87. The first-order valence-corrected chi connectivity index (χ1v) is 5.12. The normalized spacial score (nSPS) is 14.2. The van der Waals surface area contributed by atoms with Crippen LogP contribution in [-0.2, 0) is 16.0 Å². The molecule has 4 nitrogen and oxygen atoms in total. The summed E-state index contributed by atoms with van der Waals surface area (Å²) in [5.41, 5.74) is 7.63. The lowest BCUT2D eigenvalue weighted by Crippen LogP contribution is -2.34. The minimum atomic E-state index is -0.299. The van der Waals surface area contributed by atoms with Gasteiger partial charge in [0.2, 0.25) is 11.8 Å². The van der Waals surface area contributed by atoms with Crippen LogP contribution in [0, 0.1) is 0 Å². The van der Waals surface area contributed by atoms with E-state index in [0.717, 1.165) is 5.56 Å². The van der Waals surface area contributed by atoms with Gasteiger partial charge in [-0.2, -0.15) is 12.6 Å². The van der Waals surface area contributed by atoms with Crippen LogP contribution >= 0.6 is 12.6 Å². The summed E-state index contributed by atoms with van der Waals surface area (Å²) in [5.74, 6) is -0.489. The third-order valence-corrected chi connectivity index (χ3v) is 2.59. The van der Waals surface area contributed by atoms with Gasteiger partial charge in [-0.25, -0.2) is 4.90 Å². The van der Waals surface area contributed by atoms with Gasteiger partial charge in [-0.3, -0.25) is 9.59 Å². The Hall–Kier alpha value is -1.49. The number of rotatable bonds is 1. The van der Waals surface area contributed by atoms with Crippen LogP contribution in [0.1, 0.15) is 5.56 Å². The van der Waals surface area contributed by atoms with Crippen molar-refractivity contribution in [3.05, 3.63) is 23.8 Å². The molecule has 2 amide bonds. The number of benzene rings is 1. The maximum absolute atomic E-state index is 11.6. The van der Waals surface area contributed by atoms with Crippen molar-refractivity contribution in [2.75, 3.05) is 16.4 Å². The number of amides is 2. The Morgan fingerprint density at radius 1 is 1.53 bits per heavy atom. The highest BCUT2D eigenvalue weighted by atomic mass is 32.1. The molecule has 1 heterocycles. The Morgan fingerprint density at radius 3 is 2.93 bits per heavy atom. The van der Waals surface area contributed by atoms with Gasteiger partial charge in [-0.05, 0) is 23.8 Å². The zero-order valence-electron chi connectivity index (χ0n) is 7.93. The first-order valence-electron chi connectivity index (χ1n) is 4.48. The highest BCUT2D eigenvalue weighted by molar-refractivity contribution is 7.81. The van der Waals surface area contributed by atoms with Crippen LogP contribution in [0.2, 0.25) is 0 Å². The van der Waals surface area contributed by atoms with Crippen molar-refractivity contribution < 1.29 is 9.59 Å². The van der Waals surface area contributed by atoms with E-state index in [9.17, 15) is 9.59 Å². The summed E-state index contributed by atoms with van der Waals surface area (Å²) in [6, 6.07) is 5.09. The highest BCUT2D eigenvalue weighted by Gasteiger charge is 2.31. The minimum Gasteiger partial charge on any atom is -0.399 e. The summed E-state index contributed by atoms with van der Waals surface area (Å²) in [4.78, 5) is 24.2. The van der Waals surface area contributed by atoms with E-state index >= 15 is 0 Å². The van der Waals surface area contributed by atoms with Crippen molar-refractivity contribution in [2.24, 2.45) is 0 Å². The molecule has 1 aliphatic heterocycles. The molecule has 15 heavy (non-hydrogen) atoms. The Labute approximate surface area is 92.5 Å². The lowest BCUT2D eigenvalue weighted by Gasteiger charge is -2.13. The number of anilines is 2. The van der Waals surface area contributed by atoms with Gasteiger partial charge in [0, 0.05) is 5.69 Å². The first-order chi connectivity index (χ1) is 7.13. The molecule has 1 aromatic rings. The molecule has 1 aliphatic rings. The molecule has 0 fully saturated rings. The standard InChI is InChI=1S/C10H10N2O2S/c11-7-1-2-8-6(3-7)4-9(13)12(8)10(14)5-15/h1-3,15H,4-5,11H2. The molecule has 0 unspecified atom stereocenters. The van der Waals surface area contributed by atoms with Crippen molar-refractivity contribution >= 4 is 35.8 Å². The zero-order chi connectivity index (χ0) is 11.0. The molecule has 2 N–H and O–H groups in total. The Balaban J connectivity index is 2.46. The molecule has 0 saturated carbocycles. The van der Waals surface area contributed by atoms with Crippen molar-refractivity contribution in [1.82, 2.24) is 0 Å². The average Bonchev–Trinajstić information content (AvgIpc) is 2.52. The van der Waals surface area contributed by atoms with Gasteiger partial charge in [-0.1, -0.05) is 0 Å². The number of hydrogen-bond acceptors (Lipinski definition) is 4. The van der Waals surface area contributed by atoms with Crippen molar-refractivity contribution in [1.29, 1.82) is 0 Å². The Kier molecular flexibility index (Phi) is 2.40. The monoisotopic (exact) mass is 222 g/mol. The van der Waals surface area contributed by atoms with E-state index in [1.807, 2.05) is 0 Å². The van der Waals surface area contributed by atoms with Crippen molar-refractivity contribution in [3.63, 3.8) is 0 Å². The fraction of sp³-hybridized carbons (Fsp3) is 0.200. The molecule has 2 rings (SSSR count). The number of imide groups is 1. The number of carbonyl (C=O) groups is 2. The fourth-order valence-electron chi connectivity index (χ4n) is 1.69. The largest absolute Gasteiger partial charge is 0.399 e. The van der Waals surface area contributed by atoms with Crippen molar-refractivity contribution in [2.45, 2.75) is 6.42 Å². The number of thiol groups is 1. The second kappa shape index (κ2) is 3.58. The molecule has 78 valence electrons. The predicted molar refractivity (Wildman–Crippen MR) is 60.9 cm³/mol. The van der Waals surface area contributed by atoms with Gasteiger partial charge in [-0.15, -0.1) is 0 Å². The van der Waals surface area contributed by atoms with Crippen LogP contribution in [0.5, 0.6) is 0 Å². The highest BCUT2D eigenvalue weighted by Crippen LogP contribution is 2.30. The lowest BCUT2D eigenvalue weighted by atomic mass is 10.1. The van der Waals surface area contributed by atoms with Gasteiger partial charge in [0.1, 0.15) is 0 Å². The number of nitrogen functional groups attached to an aromatic ring is 1. The SMILES string of the molecule is Nc1ccc2c(c1)CC(=O)N2C(=O)CS. The van der Waals surface area contributed by atoms with Crippen LogP contribution in [0.3, 0.4) is 0 Å². The summed E-state index contributed by atoms with van der Waals surface area (Å²) in [6.07, 6.45) is 0.236. The molecule has 0 bridgehead atoms. The average molecular weight is 222 g/mol. The molecule has 0 radical (unpaired) electrons. The fourth-order valence-corrected chi connectivity index (χ4v) is 1.83. The predicted octanol–water partition coefficient (Wildman–Crippen LogP) is 0.614. The molecule has 5 heteroatoms. The number of nitrogens with two attached hydrogens (primary N) is 1. The third-order valence-electron chi connectivity index (χ3n) is 2.32. The van der Waals surface area contributed by atoms with Crippen LogP contribution < -0.4 is 10.6 Å². The lowest BCUT2D eigenvalue weighted by molar-refractivity contribution is -0.124. The van der Waals surface area contributed by atoms with Gasteiger partial charge >= 0.3 is 0 Å².